The lowest BCUT2D eigenvalue weighted by atomic mass is 9.97. The van der Waals surface area contributed by atoms with Crippen LogP contribution < -0.4 is 10.2 Å². The van der Waals surface area contributed by atoms with Crippen LogP contribution in [0.4, 0.5) is 5.95 Å². The first-order chi connectivity index (χ1) is 14.1. The zero-order valence-electron chi connectivity index (χ0n) is 17.3. The van der Waals surface area contributed by atoms with Crippen molar-refractivity contribution in [1.82, 2.24) is 14.9 Å². The van der Waals surface area contributed by atoms with Gasteiger partial charge in [-0.2, -0.15) is 0 Å². The fraction of sp³-hybridized carbons (Fsp3) is 0.478. The van der Waals surface area contributed by atoms with E-state index < -0.39 is 0 Å². The number of nitrogens with zero attached hydrogens (tertiary/aromatic N) is 3. The van der Waals surface area contributed by atoms with Crippen LogP contribution in [0.2, 0.25) is 0 Å². The van der Waals surface area contributed by atoms with Crippen LogP contribution in [0.15, 0.2) is 47.1 Å². The van der Waals surface area contributed by atoms with Gasteiger partial charge in [0.05, 0.1) is 29.8 Å². The Labute approximate surface area is 171 Å². The molecule has 1 saturated heterocycles. The Morgan fingerprint density at radius 1 is 1.28 bits per heavy atom. The molecule has 0 bridgehead atoms. The lowest BCUT2D eigenvalue weighted by molar-refractivity contribution is -0.125. The summed E-state index contributed by atoms with van der Waals surface area (Å²) in [6, 6.07) is 12.0. The highest BCUT2D eigenvalue weighted by molar-refractivity contribution is 5.81. The topological polar surface area (TPSA) is 63.3 Å². The fourth-order valence-electron chi connectivity index (χ4n) is 4.02. The SMILES string of the molecule is CC(C)CCn1c(N2CCCC(C(=O)NCc3ccco3)C2)nc2ccccc21. The van der Waals surface area contributed by atoms with Crippen molar-refractivity contribution >= 4 is 22.9 Å². The maximum absolute atomic E-state index is 12.7. The van der Waals surface area contributed by atoms with E-state index in [1.165, 1.54) is 5.52 Å². The van der Waals surface area contributed by atoms with Crippen LogP contribution in [-0.4, -0.2) is 28.5 Å². The van der Waals surface area contributed by atoms with Gasteiger partial charge in [0, 0.05) is 19.6 Å². The average molecular weight is 395 g/mol. The average Bonchev–Trinajstić information content (AvgIpc) is 3.38. The van der Waals surface area contributed by atoms with Crippen LogP contribution in [0.5, 0.6) is 0 Å². The van der Waals surface area contributed by atoms with Crippen molar-refractivity contribution in [2.75, 3.05) is 18.0 Å². The van der Waals surface area contributed by atoms with Crippen molar-refractivity contribution in [3.05, 3.63) is 48.4 Å². The zero-order chi connectivity index (χ0) is 20.2. The number of amides is 1. The van der Waals surface area contributed by atoms with E-state index in [1.807, 2.05) is 18.2 Å². The molecule has 1 aliphatic rings. The molecule has 4 rings (SSSR count). The van der Waals surface area contributed by atoms with Crippen LogP contribution in [0.3, 0.4) is 0 Å². The van der Waals surface area contributed by atoms with Crippen LogP contribution >= 0.6 is 0 Å². The van der Waals surface area contributed by atoms with E-state index in [9.17, 15) is 4.79 Å². The first-order valence-electron chi connectivity index (χ1n) is 10.6. The van der Waals surface area contributed by atoms with E-state index in [1.54, 1.807) is 6.26 Å². The van der Waals surface area contributed by atoms with Gasteiger partial charge in [-0.15, -0.1) is 0 Å². The summed E-state index contributed by atoms with van der Waals surface area (Å²) in [5.74, 6) is 2.47. The molecule has 3 heterocycles. The summed E-state index contributed by atoms with van der Waals surface area (Å²) < 4.78 is 7.65. The molecule has 29 heavy (non-hydrogen) atoms. The molecule has 1 fully saturated rings. The van der Waals surface area contributed by atoms with Gasteiger partial charge in [-0.3, -0.25) is 4.79 Å². The highest BCUT2D eigenvalue weighted by Gasteiger charge is 2.28. The molecule has 1 atom stereocenters. The quantitative estimate of drug-likeness (QED) is 0.652. The van der Waals surface area contributed by atoms with Crippen molar-refractivity contribution in [2.45, 2.75) is 46.2 Å². The summed E-state index contributed by atoms with van der Waals surface area (Å²) in [6.07, 6.45) is 4.64. The highest BCUT2D eigenvalue weighted by Crippen LogP contribution is 2.28. The van der Waals surface area contributed by atoms with Crippen molar-refractivity contribution in [3.8, 4) is 0 Å². The Bertz CT molecular complexity index is 945. The number of furan rings is 1. The molecule has 6 nitrogen and oxygen atoms in total. The number of para-hydroxylation sites is 2. The third kappa shape index (κ3) is 4.47. The summed E-state index contributed by atoms with van der Waals surface area (Å²) >= 11 is 0. The Balaban J connectivity index is 1.50. The van der Waals surface area contributed by atoms with Gasteiger partial charge >= 0.3 is 0 Å². The molecular weight excluding hydrogens is 364 g/mol. The molecule has 0 radical (unpaired) electrons. The van der Waals surface area contributed by atoms with E-state index in [-0.39, 0.29) is 11.8 Å². The smallest absolute Gasteiger partial charge is 0.225 e. The van der Waals surface area contributed by atoms with Gasteiger partial charge < -0.3 is 19.2 Å². The van der Waals surface area contributed by atoms with E-state index in [4.69, 9.17) is 9.40 Å². The van der Waals surface area contributed by atoms with E-state index in [2.05, 4.69) is 46.8 Å². The number of fused-ring (bicyclic) bond motifs is 1. The summed E-state index contributed by atoms with van der Waals surface area (Å²) in [7, 11) is 0. The molecule has 1 N–H and O–H groups in total. The minimum atomic E-state index is -0.0305. The van der Waals surface area contributed by atoms with Gasteiger partial charge in [0.2, 0.25) is 11.9 Å². The van der Waals surface area contributed by atoms with Crippen LogP contribution in [0, 0.1) is 11.8 Å². The van der Waals surface area contributed by atoms with Crippen molar-refractivity contribution in [2.24, 2.45) is 11.8 Å². The first-order valence-corrected chi connectivity index (χ1v) is 10.6. The molecule has 1 amide bonds. The number of hydrogen-bond acceptors (Lipinski definition) is 4. The second-order valence-electron chi connectivity index (χ2n) is 8.32. The van der Waals surface area contributed by atoms with Gasteiger partial charge in [0.25, 0.3) is 0 Å². The van der Waals surface area contributed by atoms with Crippen LogP contribution in [0.25, 0.3) is 11.0 Å². The van der Waals surface area contributed by atoms with E-state index in [0.29, 0.717) is 19.0 Å². The maximum atomic E-state index is 12.7. The second-order valence-corrected chi connectivity index (χ2v) is 8.32. The number of nitrogens with one attached hydrogen (secondary N) is 1. The molecule has 154 valence electrons. The summed E-state index contributed by atoms with van der Waals surface area (Å²) in [4.78, 5) is 20.0. The largest absolute Gasteiger partial charge is 0.467 e. The Hall–Kier alpha value is -2.76. The Morgan fingerprint density at radius 2 is 2.14 bits per heavy atom. The summed E-state index contributed by atoms with van der Waals surface area (Å²) in [5.41, 5.74) is 2.20. The number of benzene rings is 1. The van der Waals surface area contributed by atoms with Gasteiger partial charge in [0.15, 0.2) is 0 Å². The molecular formula is C23H30N4O2. The van der Waals surface area contributed by atoms with Crippen molar-refractivity contribution < 1.29 is 9.21 Å². The Kier molecular flexibility index (Phi) is 5.88. The van der Waals surface area contributed by atoms with Gasteiger partial charge in [-0.1, -0.05) is 26.0 Å². The van der Waals surface area contributed by atoms with Gasteiger partial charge in [0.1, 0.15) is 5.76 Å². The third-order valence-electron chi connectivity index (χ3n) is 5.66. The second kappa shape index (κ2) is 8.72. The number of aryl methyl sites for hydroxylation is 1. The number of carbonyl (C=O) groups is 1. The van der Waals surface area contributed by atoms with E-state index in [0.717, 1.165) is 49.6 Å². The lowest BCUT2D eigenvalue weighted by Gasteiger charge is -2.33. The molecule has 0 aliphatic carbocycles. The molecule has 1 aliphatic heterocycles. The molecule has 0 saturated carbocycles. The molecule has 6 heteroatoms. The van der Waals surface area contributed by atoms with Crippen LogP contribution in [-0.2, 0) is 17.9 Å². The van der Waals surface area contributed by atoms with Gasteiger partial charge in [-0.05, 0) is 49.4 Å². The molecule has 2 aromatic heterocycles. The minimum Gasteiger partial charge on any atom is -0.467 e. The monoisotopic (exact) mass is 394 g/mol. The fourth-order valence-corrected chi connectivity index (χ4v) is 4.02. The number of imidazole rings is 1. The maximum Gasteiger partial charge on any atom is 0.225 e. The van der Waals surface area contributed by atoms with Crippen molar-refractivity contribution in [1.29, 1.82) is 0 Å². The number of hydrogen-bond donors (Lipinski definition) is 1. The zero-order valence-corrected chi connectivity index (χ0v) is 17.3. The number of aromatic nitrogens is 2. The summed E-state index contributed by atoms with van der Waals surface area (Å²) in [6.45, 7) is 7.52. The molecule has 1 aromatic carbocycles. The lowest BCUT2D eigenvalue weighted by Crippen LogP contribution is -2.43. The molecule has 3 aromatic rings. The third-order valence-corrected chi connectivity index (χ3v) is 5.66. The molecule has 0 spiro atoms. The number of carbonyl (C=O) groups excluding carboxylic acids is 1. The predicted molar refractivity (Wildman–Crippen MR) is 115 cm³/mol. The minimum absolute atomic E-state index is 0.0305. The highest BCUT2D eigenvalue weighted by atomic mass is 16.3. The van der Waals surface area contributed by atoms with Gasteiger partial charge in [-0.25, -0.2) is 4.98 Å². The standard InChI is InChI=1S/C23H30N4O2/c1-17(2)11-13-27-21-10-4-3-9-20(21)25-23(27)26-12-5-7-18(16-26)22(28)24-15-19-8-6-14-29-19/h3-4,6,8-10,14,17-18H,5,7,11-13,15-16H2,1-2H3,(H,24,28). The number of anilines is 1. The first kappa shape index (κ1) is 19.6. The van der Waals surface area contributed by atoms with Crippen molar-refractivity contribution in [3.63, 3.8) is 0 Å². The predicted octanol–water partition coefficient (Wildman–Crippen LogP) is 4.21. The number of piperidine rings is 1. The summed E-state index contributed by atoms with van der Waals surface area (Å²) in [5, 5.41) is 3.02. The van der Waals surface area contributed by atoms with E-state index >= 15 is 0 Å². The molecule has 1 unspecified atom stereocenters. The number of rotatable bonds is 7. The van der Waals surface area contributed by atoms with Crippen LogP contribution in [0.1, 0.15) is 38.9 Å². The Morgan fingerprint density at radius 3 is 2.93 bits per heavy atom. The normalized spacial score (nSPS) is 17.2.